The number of likely N-dealkylation sites (N-methyl/N-ethyl adjacent to an activating group) is 1. The molecule has 1 fully saturated rings. The number of nitrogens with one attached hydrogen (secondary N) is 1. The Labute approximate surface area is 186 Å². The summed E-state index contributed by atoms with van der Waals surface area (Å²) in [6, 6.07) is 7.75. The van der Waals surface area contributed by atoms with Crippen LogP contribution < -0.4 is 10.1 Å². The zero-order valence-electron chi connectivity index (χ0n) is 18.2. The second-order valence-electron chi connectivity index (χ2n) is 7.79. The lowest BCUT2D eigenvalue weighted by Crippen LogP contribution is -2.38. The molecule has 1 aromatic carbocycles. The molecule has 0 spiro atoms. The van der Waals surface area contributed by atoms with Crippen LogP contribution in [0.3, 0.4) is 0 Å². The predicted molar refractivity (Wildman–Crippen MR) is 118 cm³/mol. The monoisotopic (exact) mass is 447 g/mol. The number of aliphatic hydroxyl groups excluding tert-OH is 1. The van der Waals surface area contributed by atoms with Gasteiger partial charge < -0.3 is 25.2 Å². The molecule has 3 N–H and O–H groups in total. The molecule has 174 valence electrons. The maximum absolute atomic E-state index is 14.1. The van der Waals surface area contributed by atoms with Crippen molar-refractivity contribution in [2.24, 2.45) is 5.92 Å². The first kappa shape index (κ1) is 23.7. The van der Waals surface area contributed by atoms with Gasteiger partial charge in [-0.25, -0.2) is 9.78 Å². The van der Waals surface area contributed by atoms with E-state index in [2.05, 4.69) is 27.1 Å². The third-order valence-corrected chi connectivity index (χ3v) is 5.53. The highest BCUT2D eigenvalue weighted by molar-refractivity contribution is 5.65. The van der Waals surface area contributed by atoms with Crippen molar-refractivity contribution in [1.82, 2.24) is 19.8 Å². The number of benzene rings is 1. The van der Waals surface area contributed by atoms with Crippen LogP contribution in [0.1, 0.15) is 25.3 Å². The number of rotatable bonds is 10. The fourth-order valence-electron chi connectivity index (χ4n) is 3.57. The molecule has 0 saturated carbocycles. The minimum Gasteiger partial charge on any atom is -0.475 e. The van der Waals surface area contributed by atoms with Crippen LogP contribution in [0.4, 0.5) is 20.8 Å². The number of carboxylic acid groups (broad SMARTS) is 1. The van der Waals surface area contributed by atoms with Crippen molar-refractivity contribution in [3.63, 3.8) is 0 Å². The average molecular weight is 448 g/mol. The Kier molecular flexibility index (Phi) is 8.57. The van der Waals surface area contributed by atoms with E-state index in [1.807, 2.05) is 24.3 Å². The summed E-state index contributed by atoms with van der Waals surface area (Å²) >= 11 is 0. The highest BCUT2D eigenvalue weighted by atomic mass is 19.1. The third-order valence-electron chi connectivity index (χ3n) is 5.53. The lowest BCUT2D eigenvalue weighted by molar-refractivity contribution is 0.110. The Morgan fingerprint density at radius 2 is 2.03 bits per heavy atom. The molecule has 0 bridgehead atoms. The molecule has 9 nitrogen and oxygen atoms in total. The van der Waals surface area contributed by atoms with E-state index in [1.165, 1.54) is 4.90 Å². The molecule has 1 aliphatic heterocycles. The summed E-state index contributed by atoms with van der Waals surface area (Å²) in [5.41, 5.74) is 1.88. The minimum atomic E-state index is -0.914. The van der Waals surface area contributed by atoms with Gasteiger partial charge in [0.15, 0.2) is 0 Å². The number of anilines is 2. The SMILES string of the molecule is CCN(CCO)Cc1ccc(Nc2ncc(F)c(OCC3CCN(C(=O)O)CC3)n2)cc1. The van der Waals surface area contributed by atoms with Crippen molar-refractivity contribution in [2.45, 2.75) is 26.3 Å². The van der Waals surface area contributed by atoms with Crippen molar-refractivity contribution >= 4 is 17.7 Å². The van der Waals surface area contributed by atoms with E-state index in [-0.39, 0.29) is 31.0 Å². The molecular formula is C22H30FN5O4. The van der Waals surface area contributed by atoms with Crippen molar-refractivity contribution in [3.8, 4) is 5.88 Å². The lowest BCUT2D eigenvalue weighted by atomic mass is 9.98. The number of piperidine rings is 1. The van der Waals surface area contributed by atoms with Crippen LogP contribution in [0.25, 0.3) is 0 Å². The molecule has 1 aliphatic rings. The van der Waals surface area contributed by atoms with Gasteiger partial charge in [0.2, 0.25) is 11.8 Å². The fraction of sp³-hybridized carbons (Fsp3) is 0.500. The van der Waals surface area contributed by atoms with Gasteiger partial charge in [-0.05, 0) is 43.0 Å². The molecule has 1 saturated heterocycles. The van der Waals surface area contributed by atoms with Crippen LogP contribution in [0.15, 0.2) is 30.5 Å². The second kappa shape index (κ2) is 11.6. The maximum Gasteiger partial charge on any atom is 0.407 e. The summed E-state index contributed by atoms with van der Waals surface area (Å²) in [5, 5.41) is 21.2. The van der Waals surface area contributed by atoms with Crippen molar-refractivity contribution < 1.29 is 24.1 Å². The Morgan fingerprint density at radius 1 is 1.31 bits per heavy atom. The Morgan fingerprint density at radius 3 is 2.66 bits per heavy atom. The maximum atomic E-state index is 14.1. The summed E-state index contributed by atoms with van der Waals surface area (Å²) < 4.78 is 19.7. The van der Waals surface area contributed by atoms with Gasteiger partial charge in [-0.2, -0.15) is 9.37 Å². The van der Waals surface area contributed by atoms with Crippen molar-refractivity contribution in [1.29, 1.82) is 0 Å². The number of aliphatic hydroxyl groups is 1. The molecule has 0 atom stereocenters. The third kappa shape index (κ3) is 6.76. The van der Waals surface area contributed by atoms with E-state index in [4.69, 9.17) is 14.9 Å². The van der Waals surface area contributed by atoms with Gasteiger partial charge in [-0.15, -0.1) is 0 Å². The molecular weight excluding hydrogens is 417 g/mol. The Hall–Kier alpha value is -2.98. The number of ether oxygens (including phenoxy) is 1. The molecule has 32 heavy (non-hydrogen) atoms. The van der Waals surface area contributed by atoms with E-state index in [9.17, 15) is 9.18 Å². The Bertz CT molecular complexity index is 875. The summed E-state index contributed by atoms with van der Waals surface area (Å²) in [6.07, 6.45) is 1.50. The largest absolute Gasteiger partial charge is 0.475 e. The second-order valence-corrected chi connectivity index (χ2v) is 7.79. The Balaban J connectivity index is 1.54. The number of carbonyl (C=O) groups is 1. The van der Waals surface area contributed by atoms with Gasteiger partial charge in [0.05, 0.1) is 19.4 Å². The molecule has 1 aromatic heterocycles. The molecule has 0 unspecified atom stereocenters. The molecule has 0 radical (unpaired) electrons. The molecule has 10 heteroatoms. The van der Waals surface area contributed by atoms with Crippen molar-refractivity contribution in [3.05, 3.63) is 41.8 Å². The van der Waals surface area contributed by atoms with Crippen molar-refractivity contribution in [2.75, 3.05) is 44.7 Å². The first-order chi connectivity index (χ1) is 15.5. The number of aromatic nitrogens is 2. The number of hydrogen-bond donors (Lipinski definition) is 3. The molecule has 1 amide bonds. The molecule has 0 aliphatic carbocycles. The molecule has 2 heterocycles. The van der Waals surface area contributed by atoms with Crippen LogP contribution in [0.2, 0.25) is 0 Å². The number of likely N-dealkylation sites (tertiary alicyclic amines) is 1. The topological polar surface area (TPSA) is 111 Å². The summed E-state index contributed by atoms with van der Waals surface area (Å²) in [5.74, 6) is -0.387. The lowest BCUT2D eigenvalue weighted by Gasteiger charge is -2.29. The van der Waals surface area contributed by atoms with Gasteiger partial charge in [0.1, 0.15) is 0 Å². The first-order valence-electron chi connectivity index (χ1n) is 10.8. The van der Waals surface area contributed by atoms with Gasteiger partial charge in [-0.1, -0.05) is 19.1 Å². The quantitative estimate of drug-likeness (QED) is 0.510. The smallest absolute Gasteiger partial charge is 0.407 e. The normalized spacial score (nSPS) is 14.6. The van der Waals surface area contributed by atoms with Crippen LogP contribution >= 0.6 is 0 Å². The zero-order chi connectivity index (χ0) is 22.9. The minimum absolute atomic E-state index is 0.123. The average Bonchev–Trinajstić information content (AvgIpc) is 2.80. The van der Waals surface area contributed by atoms with Gasteiger partial charge in [0.25, 0.3) is 5.88 Å². The van der Waals surface area contributed by atoms with E-state index in [0.29, 0.717) is 32.5 Å². The van der Waals surface area contributed by atoms with E-state index in [0.717, 1.165) is 30.5 Å². The number of amides is 1. The highest BCUT2D eigenvalue weighted by Crippen LogP contribution is 2.22. The summed E-state index contributed by atoms with van der Waals surface area (Å²) in [7, 11) is 0. The van der Waals surface area contributed by atoms with Gasteiger partial charge in [0, 0.05) is 31.9 Å². The van der Waals surface area contributed by atoms with Gasteiger partial charge >= 0.3 is 6.09 Å². The number of nitrogens with zero attached hydrogens (tertiary/aromatic N) is 4. The van der Waals surface area contributed by atoms with Gasteiger partial charge in [-0.3, -0.25) is 4.90 Å². The standard InChI is InChI=1S/C22H30FN5O4/c1-2-27(11-12-29)14-16-3-5-18(6-4-16)25-21-24-13-19(23)20(26-21)32-15-17-7-9-28(10-8-17)22(30)31/h3-6,13,17,29H,2,7-12,14-15H2,1H3,(H,30,31)(H,24,25,26). The van der Waals surface area contributed by atoms with Crippen LogP contribution in [0.5, 0.6) is 5.88 Å². The number of halogens is 1. The highest BCUT2D eigenvalue weighted by Gasteiger charge is 2.23. The fourth-order valence-corrected chi connectivity index (χ4v) is 3.57. The summed E-state index contributed by atoms with van der Waals surface area (Å²) in [4.78, 5) is 22.6. The molecule has 2 aromatic rings. The van der Waals surface area contributed by atoms with E-state index >= 15 is 0 Å². The van der Waals surface area contributed by atoms with E-state index in [1.54, 1.807) is 0 Å². The summed E-state index contributed by atoms with van der Waals surface area (Å²) in [6.45, 7) is 5.58. The van der Waals surface area contributed by atoms with Crippen LogP contribution in [-0.4, -0.2) is 75.5 Å². The first-order valence-corrected chi connectivity index (χ1v) is 10.8. The van der Waals surface area contributed by atoms with Crippen LogP contribution in [0, 0.1) is 11.7 Å². The zero-order valence-corrected chi connectivity index (χ0v) is 18.2. The predicted octanol–water partition coefficient (Wildman–Crippen LogP) is 2.94. The van der Waals surface area contributed by atoms with Crippen LogP contribution in [-0.2, 0) is 6.54 Å². The van der Waals surface area contributed by atoms with E-state index < -0.39 is 11.9 Å². The molecule has 3 rings (SSSR count). The number of hydrogen-bond acceptors (Lipinski definition) is 7.